The lowest BCUT2D eigenvalue weighted by molar-refractivity contribution is -0.131. The molecule has 1 aliphatic rings. The number of ether oxygens (including phenoxy) is 1. The Morgan fingerprint density at radius 2 is 2.19 bits per heavy atom. The zero-order valence-corrected chi connectivity index (χ0v) is 10.7. The molecule has 1 saturated heterocycles. The minimum Gasteiger partial charge on any atom is -0.394 e. The van der Waals surface area contributed by atoms with Crippen LogP contribution in [0.4, 0.5) is 0 Å². The summed E-state index contributed by atoms with van der Waals surface area (Å²) in [5, 5.41) is 9.07. The van der Waals surface area contributed by atoms with Crippen molar-refractivity contribution in [1.29, 1.82) is 0 Å². The van der Waals surface area contributed by atoms with Crippen LogP contribution < -0.4 is 4.72 Å². The van der Waals surface area contributed by atoms with E-state index in [0.29, 0.717) is 13.1 Å². The first-order valence-corrected chi connectivity index (χ1v) is 6.78. The highest BCUT2D eigenvalue weighted by Gasteiger charge is 2.38. The molecule has 0 aromatic heterocycles. The van der Waals surface area contributed by atoms with Crippen molar-refractivity contribution in [2.75, 3.05) is 26.2 Å². The topological polar surface area (TPSA) is 78.9 Å². The van der Waals surface area contributed by atoms with Crippen molar-refractivity contribution in [2.24, 2.45) is 0 Å². The number of nitrogens with one attached hydrogen (secondary N) is 1. The maximum atomic E-state index is 11.8. The second-order valence-corrected chi connectivity index (χ2v) is 6.23. The van der Waals surface area contributed by atoms with Crippen LogP contribution >= 0.6 is 0 Å². The van der Waals surface area contributed by atoms with Gasteiger partial charge in [-0.15, -0.1) is 0 Å². The molecular weight excluding hydrogens is 232 g/mol. The van der Waals surface area contributed by atoms with Crippen molar-refractivity contribution in [3.8, 4) is 0 Å². The zero-order chi connectivity index (χ0) is 12.4. The third kappa shape index (κ3) is 3.39. The fourth-order valence-electron chi connectivity index (χ4n) is 1.79. The molecule has 0 aromatic rings. The van der Waals surface area contributed by atoms with E-state index in [1.807, 2.05) is 13.8 Å². The first kappa shape index (κ1) is 13.9. The lowest BCUT2D eigenvalue weighted by Gasteiger charge is -2.41. The van der Waals surface area contributed by atoms with Crippen LogP contribution in [0.3, 0.4) is 0 Å². The lowest BCUT2D eigenvalue weighted by Crippen LogP contribution is -2.57. The Bertz CT molecular complexity index is 328. The van der Waals surface area contributed by atoms with Crippen LogP contribution in [-0.2, 0) is 14.9 Å². The molecule has 96 valence electrons. The number of hydrogen-bond donors (Lipinski definition) is 2. The monoisotopic (exact) mass is 252 g/mol. The highest BCUT2D eigenvalue weighted by atomic mass is 32.2. The minimum absolute atomic E-state index is 0.179. The summed E-state index contributed by atoms with van der Waals surface area (Å²) in [7, 11) is -3.46. The van der Waals surface area contributed by atoms with Gasteiger partial charge in [0.1, 0.15) is 0 Å². The average Bonchev–Trinajstić information content (AvgIpc) is 2.15. The second-order valence-electron chi connectivity index (χ2n) is 4.48. The zero-order valence-electron chi connectivity index (χ0n) is 9.93. The van der Waals surface area contributed by atoms with Gasteiger partial charge in [-0.25, -0.2) is 4.72 Å². The van der Waals surface area contributed by atoms with Crippen molar-refractivity contribution in [1.82, 2.24) is 9.03 Å². The second kappa shape index (κ2) is 4.97. The fraction of sp³-hybridized carbons (Fsp3) is 1.00. The average molecular weight is 252 g/mol. The Hall–Kier alpha value is -0.210. The van der Waals surface area contributed by atoms with Gasteiger partial charge in [0.25, 0.3) is 10.2 Å². The number of rotatable bonds is 4. The molecule has 1 atom stereocenters. The summed E-state index contributed by atoms with van der Waals surface area (Å²) >= 11 is 0. The SMILES string of the molecule is CCNS(=O)(=O)N1CC(CO)OC(C)(C)C1. The molecule has 1 aliphatic heterocycles. The van der Waals surface area contributed by atoms with Gasteiger partial charge in [0.05, 0.1) is 18.3 Å². The smallest absolute Gasteiger partial charge is 0.279 e. The molecule has 6 nitrogen and oxygen atoms in total. The van der Waals surface area contributed by atoms with Gasteiger partial charge in [-0.3, -0.25) is 0 Å². The molecule has 1 rings (SSSR count). The number of aliphatic hydroxyl groups is 1. The van der Waals surface area contributed by atoms with Crippen molar-refractivity contribution in [3.63, 3.8) is 0 Å². The first-order chi connectivity index (χ1) is 7.30. The largest absolute Gasteiger partial charge is 0.394 e. The normalized spacial score (nSPS) is 26.9. The van der Waals surface area contributed by atoms with E-state index in [2.05, 4.69) is 4.72 Å². The summed E-state index contributed by atoms with van der Waals surface area (Å²) in [6.45, 7) is 6.00. The number of hydrogen-bond acceptors (Lipinski definition) is 4. The van der Waals surface area contributed by atoms with E-state index >= 15 is 0 Å². The summed E-state index contributed by atoms with van der Waals surface area (Å²) in [4.78, 5) is 0. The van der Waals surface area contributed by atoms with Crippen LogP contribution in [-0.4, -0.2) is 55.8 Å². The molecule has 0 aromatic carbocycles. The maximum Gasteiger partial charge on any atom is 0.279 e. The number of aliphatic hydroxyl groups excluding tert-OH is 1. The van der Waals surface area contributed by atoms with E-state index in [1.165, 1.54) is 4.31 Å². The van der Waals surface area contributed by atoms with Crippen LogP contribution in [0.25, 0.3) is 0 Å². The van der Waals surface area contributed by atoms with E-state index in [1.54, 1.807) is 6.92 Å². The van der Waals surface area contributed by atoms with Crippen LogP contribution in [0.2, 0.25) is 0 Å². The summed E-state index contributed by atoms with van der Waals surface area (Å²) in [5.74, 6) is 0. The minimum atomic E-state index is -3.46. The van der Waals surface area contributed by atoms with E-state index in [0.717, 1.165) is 0 Å². The molecule has 16 heavy (non-hydrogen) atoms. The first-order valence-electron chi connectivity index (χ1n) is 5.34. The molecule has 1 fully saturated rings. The summed E-state index contributed by atoms with van der Waals surface area (Å²) in [6, 6.07) is 0. The molecule has 0 radical (unpaired) electrons. The van der Waals surface area contributed by atoms with Crippen LogP contribution in [0.1, 0.15) is 20.8 Å². The quantitative estimate of drug-likeness (QED) is 0.694. The Morgan fingerprint density at radius 3 is 2.69 bits per heavy atom. The van der Waals surface area contributed by atoms with Crippen LogP contribution in [0, 0.1) is 0 Å². The summed E-state index contributed by atoms with van der Waals surface area (Å²) < 4.78 is 32.9. The Kier molecular flexibility index (Phi) is 4.30. The third-order valence-corrected chi connectivity index (χ3v) is 3.93. The van der Waals surface area contributed by atoms with Gasteiger partial charge in [0.15, 0.2) is 0 Å². The lowest BCUT2D eigenvalue weighted by atomic mass is 10.1. The van der Waals surface area contributed by atoms with Gasteiger partial charge < -0.3 is 9.84 Å². The standard InChI is InChI=1S/C9H20N2O4S/c1-4-10-16(13,14)11-5-8(6-12)15-9(2,3)7-11/h8,10,12H,4-7H2,1-3H3. The predicted molar refractivity (Wildman–Crippen MR) is 60.2 cm³/mol. The van der Waals surface area contributed by atoms with Crippen molar-refractivity contribution < 1.29 is 18.3 Å². The van der Waals surface area contributed by atoms with Gasteiger partial charge in [-0.1, -0.05) is 6.92 Å². The van der Waals surface area contributed by atoms with E-state index in [4.69, 9.17) is 9.84 Å². The summed E-state index contributed by atoms with van der Waals surface area (Å²) in [6.07, 6.45) is -0.461. The van der Waals surface area contributed by atoms with Crippen molar-refractivity contribution in [3.05, 3.63) is 0 Å². The molecule has 2 N–H and O–H groups in total. The Balaban J connectivity index is 2.81. The number of morpholine rings is 1. The van der Waals surface area contributed by atoms with Crippen LogP contribution in [0.5, 0.6) is 0 Å². The predicted octanol–water partition coefficient (Wildman–Crippen LogP) is -0.688. The molecule has 0 amide bonds. The van der Waals surface area contributed by atoms with Gasteiger partial charge in [-0.2, -0.15) is 12.7 Å². The van der Waals surface area contributed by atoms with Gasteiger partial charge in [0, 0.05) is 19.6 Å². The summed E-state index contributed by atoms with van der Waals surface area (Å²) in [5.41, 5.74) is -0.575. The van der Waals surface area contributed by atoms with Gasteiger partial charge in [-0.05, 0) is 13.8 Å². The van der Waals surface area contributed by atoms with Gasteiger partial charge in [0.2, 0.25) is 0 Å². The van der Waals surface area contributed by atoms with E-state index in [9.17, 15) is 8.42 Å². The van der Waals surface area contributed by atoms with Crippen LogP contribution in [0.15, 0.2) is 0 Å². The molecule has 7 heteroatoms. The van der Waals surface area contributed by atoms with E-state index < -0.39 is 21.9 Å². The third-order valence-electron chi connectivity index (χ3n) is 2.32. The Morgan fingerprint density at radius 1 is 1.56 bits per heavy atom. The fourth-order valence-corrected chi connectivity index (χ4v) is 3.18. The van der Waals surface area contributed by atoms with Gasteiger partial charge >= 0.3 is 0 Å². The van der Waals surface area contributed by atoms with E-state index in [-0.39, 0.29) is 13.2 Å². The highest BCUT2D eigenvalue weighted by molar-refractivity contribution is 7.87. The molecule has 1 unspecified atom stereocenters. The molecule has 0 bridgehead atoms. The number of nitrogens with zero attached hydrogens (tertiary/aromatic N) is 1. The molecule has 0 aliphatic carbocycles. The Labute approximate surface area is 96.8 Å². The molecular formula is C9H20N2O4S. The molecule has 0 spiro atoms. The van der Waals surface area contributed by atoms with Crippen molar-refractivity contribution >= 4 is 10.2 Å². The van der Waals surface area contributed by atoms with Crippen molar-refractivity contribution in [2.45, 2.75) is 32.5 Å². The highest BCUT2D eigenvalue weighted by Crippen LogP contribution is 2.22. The maximum absolute atomic E-state index is 11.8. The molecule has 0 saturated carbocycles. The molecule has 1 heterocycles.